The summed E-state index contributed by atoms with van der Waals surface area (Å²) in [4.78, 5) is 46.7. The summed E-state index contributed by atoms with van der Waals surface area (Å²) in [6.45, 7) is 3.68. The van der Waals surface area contributed by atoms with Gasteiger partial charge in [0.1, 0.15) is 12.6 Å². The van der Waals surface area contributed by atoms with Crippen LogP contribution >= 0.6 is 11.8 Å². The molecule has 1 aromatic rings. The first kappa shape index (κ1) is 23.5. The molecule has 0 aliphatic rings. The van der Waals surface area contributed by atoms with E-state index in [9.17, 15) is 19.2 Å². The van der Waals surface area contributed by atoms with Crippen molar-refractivity contribution in [3.05, 3.63) is 35.9 Å². The van der Waals surface area contributed by atoms with Gasteiger partial charge >= 0.3 is 12.1 Å². The summed E-state index contributed by atoms with van der Waals surface area (Å²) in [6, 6.07) is 8.14. The van der Waals surface area contributed by atoms with Gasteiger partial charge in [-0.25, -0.2) is 9.59 Å². The molecule has 0 saturated heterocycles. The number of hydrogen-bond acceptors (Lipinski definition) is 7. The van der Waals surface area contributed by atoms with Crippen LogP contribution in [-0.2, 0) is 30.5 Å². The Hall–Kier alpha value is -2.55. The van der Waals surface area contributed by atoms with Crippen molar-refractivity contribution in [2.45, 2.75) is 39.3 Å². The summed E-state index contributed by atoms with van der Waals surface area (Å²) in [5.41, 5.74) is 0.813. The third-order valence-electron chi connectivity index (χ3n) is 3.47. The number of esters is 1. The SMILES string of the molecule is CCOC(=O)C(CCC(=O)NCCSC(C)=O)NC(=O)OCc1ccccc1. The van der Waals surface area contributed by atoms with Crippen LogP contribution in [0.25, 0.3) is 0 Å². The smallest absolute Gasteiger partial charge is 0.408 e. The predicted octanol–water partition coefficient (Wildman–Crippen LogP) is 2.02. The van der Waals surface area contributed by atoms with Crippen molar-refractivity contribution < 1.29 is 28.7 Å². The molecule has 0 bridgehead atoms. The summed E-state index contributed by atoms with van der Waals surface area (Å²) in [5.74, 6) is -0.427. The molecule has 0 aromatic heterocycles. The van der Waals surface area contributed by atoms with E-state index >= 15 is 0 Å². The van der Waals surface area contributed by atoms with E-state index in [0.717, 1.165) is 17.3 Å². The molecule has 1 rings (SSSR count). The zero-order valence-electron chi connectivity index (χ0n) is 16.1. The summed E-state index contributed by atoms with van der Waals surface area (Å²) in [5, 5.41) is 5.08. The van der Waals surface area contributed by atoms with Crippen LogP contribution in [0.3, 0.4) is 0 Å². The molecular weight excluding hydrogens is 384 g/mol. The van der Waals surface area contributed by atoms with Crippen LogP contribution < -0.4 is 10.6 Å². The van der Waals surface area contributed by atoms with Gasteiger partial charge in [0.15, 0.2) is 5.12 Å². The van der Waals surface area contributed by atoms with Gasteiger partial charge < -0.3 is 20.1 Å². The zero-order valence-corrected chi connectivity index (χ0v) is 16.9. The third-order valence-corrected chi connectivity index (χ3v) is 4.28. The fourth-order valence-electron chi connectivity index (χ4n) is 2.15. The number of thioether (sulfide) groups is 1. The lowest BCUT2D eigenvalue weighted by Crippen LogP contribution is -2.43. The summed E-state index contributed by atoms with van der Waals surface area (Å²) in [7, 11) is 0. The van der Waals surface area contributed by atoms with Crippen molar-refractivity contribution in [2.24, 2.45) is 0 Å². The van der Waals surface area contributed by atoms with Crippen LogP contribution in [0.15, 0.2) is 30.3 Å². The Balaban J connectivity index is 2.44. The Morgan fingerprint density at radius 3 is 2.46 bits per heavy atom. The lowest BCUT2D eigenvalue weighted by Gasteiger charge is -2.17. The summed E-state index contributed by atoms with van der Waals surface area (Å²) >= 11 is 1.12. The van der Waals surface area contributed by atoms with Crippen LogP contribution in [0.2, 0.25) is 0 Å². The Morgan fingerprint density at radius 2 is 1.82 bits per heavy atom. The number of benzene rings is 1. The van der Waals surface area contributed by atoms with Crippen LogP contribution in [-0.4, -0.2) is 48.0 Å². The number of ether oxygens (including phenoxy) is 2. The molecule has 8 nitrogen and oxygen atoms in total. The largest absolute Gasteiger partial charge is 0.464 e. The molecule has 0 saturated carbocycles. The normalized spacial score (nSPS) is 11.2. The number of alkyl carbamates (subject to hydrolysis) is 1. The lowest BCUT2D eigenvalue weighted by molar-refractivity contribution is -0.145. The fourth-order valence-corrected chi connectivity index (χ4v) is 2.64. The average molecular weight is 410 g/mol. The highest BCUT2D eigenvalue weighted by Crippen LogP contribution is 2.05. The number of rotatable bonds is 11. The first-order valence-electron chi connectivity index (χ1n) is 8.96. The minimum Gasteiger partial charge on any atom is -0.464 e. The highest BCUT2D eigenvalue weighted by Gasteiger charge is 2.23. The van der Waals surface area contributed by atoms with Crippen molar-refractivity contribution in [1.29, 1.82) is 0 Å². The van der Waals surface area contributed by atoms with Gasteiger partial charge in [-0.2, -0.15) is 0 Å². The quantitative estimate of drug-likeness (QED) is 0.424. The average Bonchev–Trinajstić information content (AvgIpc) is 2.67. The standard InChI is InChI=1S/C19H26N2O6S/c1-3-26-18(24)16(9-10-17(23)20-11-12-28-14(2)22)21-19(25)27-13-15-7-5-4-6-8-15/h4-8,16H,3,9-13H2,1-2H3,(H,20,23)(H,21,25). The Labute approximate surface area is 168 Å². The molecule has 9 heteroatoms. The van der Waals surface area contributed by atoms with E-state index in [4.69, 9.17) is 9.47 Å². The van der Waals surface area contributed by atoms with Crippen LogP contribution in [0.5, 0.6) is 0 Å². The summed E-state index contributed by atoms with van der Waals surface area (Å²) in [6.07, 6.45) is -0.668. The topological polar surface area (TPSA) is 111 Å². The van der Waals surface area contributed by atoms with Crippen molar-refractivity contribution in [3.63, 3.8) is 0 Å². The molecule has 1 atom stereocenters. The number of hydrogen-bond donors (Lipinski definition) is 2. The second-order valence-corrected chi connectivity index (χ2v) is 7.01. The van der Waals surface area contributed by atoms with Gasteiger partial charge in [-0.05, 0) is 18.9 Å². The minimum atomic E-state index is -0.986. The minimum absolute atomic E-state index is 0.0187. The van der Waals surface area contributed by atoms with Crippen molar-refractivity contribution in [3.8, 4) is 0 Å². The molecule has 0 radical (unpaired) electrons. The van der Waals surface area contributed by atoms with E-state index in [2.05, 4.69) is 10.6 Å². The van der Waals surface area contributed by atoms with Crippen molar-refractivity contribution in [2.75, 3.05) is 18.9 Å². The maximum atomic E-state index is 12.0. The van der Waals surface area contributed by atoms with E-state index in [0.29, 0.717) is 12.3 Å². The lowest BCUT2D eigenvalue weighted by atomic mass is 10.1. The molecule has 1 aromatic carbocycles. The van der Waals surface area contributed by atoms with E-state index in [-0.39, 0.29) is 37.1 Å². The molecule has 28 heavy (non-hydrogen) atoms. The van der Waals surface area contributed by atoms with Gasteiger partial charge in [0, 0.05) is 25.6 Å². The second-order valence-electron chi connectivity index (χ2n) is 5.74. The molecule has 2 N–H and O–H groups in total. The molecule has 0 spiro atoms. The maximum Gasteiger partial charge on any atom is 0.408 e. The van der Waals surface area contributed by atoms with Gasteiger partial charge in [-0.15, -0.1) is 0 Å². The monoisotopic (exact) mass is 410 g/mol. The van der Waals surface area contributed by atoms with E-state index < -0.39 is 18.1 Å². The van der Waals surface area contributed by atoms with Crippen molar-refractivity contribution in [1.82, 2.24) is 10.6 Å². The predicted molar refractivity (Wildman–Crippen MR) is 106 cm³/mol. The van der Waals surface area contributed by atoms with Gasteiger partial charge in [0.2, 0.25) is 5.91 Å². The molecule has 154 valence electrons. The zero-order chi connectivity index (χ0) is 20.8. The molecule has 0 heterocycles. The van der Waals surface area contributed by atoms with Gasteiger partial charge in [0.05, 0.1) is 6.61 Å². The molecule has 1 unspecified atom stereocenters. The molecule has 0 aliphatic carbocycles. The molecule has 2 amide bonds. The van der Waals surface area contributed by atoms with Crippen LogP contribution in [0, 0.1) is 0 Å². The van der Waals surface area contributed by atoms with Gasteiger partial charge in [0.25, 0.3) is 0 Å². The van der Waals surface area contributed by atoms with Gasteiger partial charge in [-0.3, -0.25) is 9.59 Å². The Bertz CT molecular complexity index is 653. The number of nitrogens with one attached hydrogen (secondary N) is 2. The van der Waals surface area contributed by atoms with E-state index in [1.165, 1.54) is 6.92 Å². The molecule has 0 fully saturated rings. The first-order valence-corrected chi connectivity index (χ1v) is 9.94. The fraction of sp³-hybridized carbons (Fsp3) is 0.474. The summed E-state index contributed by atoms with van der Waals surface area (Å²) < 4.78 is 10.0. The molecule has 0 aliphatic heterocycles. The second kappa shape index (κ2) is 13.6. The first-order chi connectivity index (χ1) is 13.4. The Morgan fingerprint density at radius 1 is 1.11 bits per heavy atom. The van der Waals surface area contributed by atoms with Crippen LogP contribution in [0.1, 0.15) is 32.3 Å². The van der Waals surface area contributed by atoms with E-state index in [1.807, 2.05) is 30.3 Å². The molecular formula is C19H26N2O6S. The number of carbonyl (C=O) groups excluding carboxylic acids is 4. The number of amides is 2. The number of carbonyl (C=O) groups is 4. The van der Waals surface area contributed by atoms with Crippen LogP contribution in [0.4, 0.5) is 4.79 Å². The van der Waals surface area contributed by atoms with Gasteiger partial charge in [-0.1, -0.05) is 42.1 Å². The third kappa shape index (κ3) is 10.6. The van der Waals surface area contributed by atoms with Crippen molar-refractivity contribution >= 4 is 34.8 Å². The highest BCUT2D eigenvalue weighted by molar-refractivity contribution is 8.13. The maximum absolute atomic E-state index is 12.0. The van der Waals surface area contributed by atoms with E-state index in [1.54, 1.807) is 6.92 Å². The Kier molecular flexibility index (Phi) is 11.4. The highest BCUT2D eigenvalue weighted by atomic mass is 32.2.